The average Bonchev–Trinajstić information content (AvgIpc) is 2.96. The Morgan fingerprint density at radius 3 is 2.52 bits per heavy atom. The summed E-state index contributed by atoms with van der Waals surface area (Å²) in [6.07, 6.45) is 1.74. The Bertz CT molecular complexity index is 892. The van der Waals surface area contributed by atoms with Gasteiger partial charge in [-0.1, -0.05) is 30.3 Å². The van der Waals surface area contributed by atoms with Crippen molar-refractivity contribution in [3.8, 4) is 0 Å². The Morgan fingerprint density at radius 1 is 1.19 bits per heavy atom. The smallest absolute Gasteiger partial charge is 0.335 e. The lowest BCUT2D eigenvalue weighted by molar-refractivity contribution is -0.122. The van der Waals surface area contributed by atoms with Gasteiger partial charge >= 0.3 is 5.97 Å². The molecule has 2 aromatic carbocycles. The number of carboxylic acid groups (broad SMARTS) is 1. The van der Waals surface area contributed by atoms with Crippen molar-refractivity contribution in [3.63, 3.8) is 0 Å². The summed E-state index contributed by atoms with van der Waals surface area (Å²) < 4.78 is 5.11. The van der Waals surface area contributed by atoms with Crippen LogP contribution in [0.3, 0.4) is 0 Å². The number of aromatic carboxylic acids is 1. The van der Waals surface area contributed by atoms with Crippen molar-refractivity contribution in [2.45, 2.75) is 0 Å². The van der Waals surface area contributed by atoms with Crippen LogP contribution in [0.15, 0.2) is 64.5 Å². The second-order valence-electron chi connectivity index (χ2n) is 5.72. The van der Waals surface area contributed by atoms with Crippen LogP contribution in [0.1, 0.15) is 15.9 Å². The van der Waals surface area contributed by atoms with E-state index in [9.17, 15) is 9.59 Å². The normalized spacial score (nSPS) is 17.1. The molecule has 1 saturated heterocycles. The minimum Gasteiger partial charge on any atom is -0.478 e. The van der Waals surface area contributed by atoms with Crippen LogP contribution in [-0.4, -0.2) is 47.3 Å². The summed E-state index contributed by atoms with van der Waals surface area (Å²) in [5.41, 5.74) is 1.72. The molecular formula is C20H18N2O4S. The molecule has 27 heavy (non-hydrogen) atoms. The second-order valence-corrected chi connectivity index (χ2v) is 6.73. The molecule has 1 fully saturated rings. The molecule has 0 radical (unpaired) electrons. The van der Waals surface area contributed by atoms with Gasteiger partial charge < -0.3 is 9.84 Å². The molecule has 0 bridgehead atoms. The number of benzene rings is 2. The van der Waals surface area contributed by atoms with Gasteiger partial charge in [0.25, 0.3) is 5.91 Å². The van der Waals surface area contributed by atoms with E-state index in [0.717, 1.165) is 11.3 Å². The largest absolute Gasteiger partial charge is 0.478 e. The van der Waals surface area contributed by atoms with E-state index in [1.165, 1.54) is 23.9 Å². The molecule has 1 aliphatic heterocycles. The average molecular weight is 382 g/mol. The monoisotopic (exact) mass is 382 g/mol. The van der Waals surface area contributed by atoms with Gasteiger partial charge in [-0.3, -0.25) is 9.69 Å². The Hall–Kier alpha value is -2.90. The van der Waals surface area contributed by atoms with Crippen molar-refractivity contribution >= 4 is 40.6 Å². The van der Waals surface area contributed by atoms with Crippen molar-refractivity contribution in [3.05, 3.63) is 70.6 Å². The second kappa shape index (κ2) is 8.66. The van der Waals surface area contributed by atoms with Crippen LogP contribution in [0.2, 0.25) is 0 Å². The van der Waals surface area contributed by atoms with Crippen LogP contribution < -0.4 is 0 Å². The lowest BCUT2D eigenvalue weighted by atomic mass is 10.1. The number of thioether (sulfide) groups is 1. The molecule has 6 nitrogen and oxygen atoms in total. The van der Waals surface area contributed by atoms with Crippen LogP contribution in [0.25, 0.3) is 6.08 Å². The first kappa shape index (κ1) is 18.9. The molecule has 1 heterocycles. The minimum atomic E-state index is -0.983. The Kier molecular flexibility index (Phi) is 6.05. The van der Waals surface area contributed by atoms with E-state index < -0.39 is 5.97 Å². The van der Waals surface area contributed by atoms with E-state index in [-0.39, 0.29) is 11.5 Å². The van der Waals surface area contributed by atoms with E-state index in [1.54, 1.807) is 30.2 Å². The highest BCUT2D eigenvalue weighted by Crippen LogP contribution is 2.34. The SMILES string of the molecule is COCCN1C(=O)C(=Cc2ccc(C(=O)O)cc2)SC1=Nc1ccccc1. The van der Waals surface area contributed by atoms with Crippen LogP contribution >= 0.6 is 11.8 Å². The Morgan fingerprint density at radius 2 is 1.89 bits per heavy atom. The van der Waals surface area contributed by atoms with Crippen molar-refractivity contribution < 1.29 is 19.4 Å². The number of nitrogens with zero attached hydrogens (tertiary/aromatic N) is 2. The number of amides is 1. The fourth-order valence-electron chi connectivity index (χ4n) is 2.46. The molecule has 3 rings (SSSR count). The zero-order valence-electron chi connectivity index (χ0n) is 14.7. The van der Waals surface area contributed by atoms with Gasteiger partial charge in [-0.15, -0.1) is 0 Å². The number of carboxylic acids is 1. The quantitative estimate of drug-likeness (QED) is 0.772. The van der Waals surface area contributed by atoms with Crippen molar-refractivity contribution in [2.24, 2.45) is 4.99 Å². The lowest BCUT2D eigenvalue weighted by Crippen LogP contribution is -2.32. The standard InChI is InChI=1S/C20H18N2O4S/c1-26-12-11-22-18(23)17(13-14-7-9-15(10-8-14)19(24)25)27-20(22)21-16-5-3-2-4-6-16/h2-10,13H,11-12H2,1H3,(H,24,25). The zero-order valence-corrected chi connectivity index (χ0v) is 15.5. The van der Waals surface area contributed by atoms with Gasteiger partial charge in [0.15, 0.2) is 5.17 Å². The predicted molar refractivity (Wildman–Crippen MR) is 106 cm³/mol. The fourth-order valence-corrected chi connectivity index (χ4v) is 3.48. The molecule has 7 heteroatoms. The summed E-state index contributed by atoms with van der Waals surface area (Å²) >= 11 is 1.29. The number of ether oxygens (including phenoxy) is 1. The predicted octanol–water partition coefficient (Wildman–Crippen LogP) is 3.64. The van der Waals surface area contributed by atoms with Crippen LogP contribution in [0.4, 0.5) is 5.69 Å². The molecule has 2 aromatic rings. The number of carbonyl (C=O) groups is 2. The molecule has 1 amide bonds. The number of methoxy groups -OCH3 is 1. The van der Waals surface area contributed by atoms with Gasteiger partial charge in [0.05, 0.1) is 29.3 Å². The van der Waals surface area contributed by atoms with Gasteiger partial charge in [0.1, 0.15) is 0 Å². The van der Waals surface area contributed by atoms with Gasteiger partial charge in [-0.2, -0.15) is 0 Å². The number of carbonyl (C=O) groups excluding carboxylic acids is 1. The zero-order chi connectivity index (χ0) is 19.2. The minimum absolute atomic E-state index is 0.144. The molecule has 138 valence electrons. The number of rotatable bonds is 6. The maximum absolute atomic E-state index is 12.8. The van der Waals surface area contributed by atoms with Crippen LogP contribution in [0.5, 0.6) is 0 Å². The van der Waals surface area contributed by atoms with Crippen LogP contribution in [0, 0.1) is 0 Å². The van der Waals surface area contributed by atoms with Crippen LogP contribution in [-0.2, 0) is 9.53 Å². The third-order valence-electron chi connectivity index (χ3n) is 3.84. The first-order valence-electron chi connectivity index (χ1n) is 8.26. The van der Waals surface area contributed by atoms with E-state index in [1.807, 2.05) is 30.3 Å². The fraction of sp³-hybridized carbons (Fsp3) is 0.150. The molecule has 0 atom stereocenters. The highest BCUT2D eigenvalue weighted by molar-refractivity contribution is 8.18. The highest BCUT2D eigenvalue weighted by Gasteiger charge is 2.33. The Labute approximate surface area is 161 Å². The number of hydrogen-bond donors (Lipinski definition) is 1. The topological polar surface area (TPSA) is 79.2 Å². The summed E-state index contributed by atoms with van der Waals surface area (Å²) in [5, 5.41) is 9.58. The van der Waals surface area contributed by atoms with Crippen molar-refractivity contribution in [2.75, 3.05) is 20.3 Å². The maximum atomic E-state index is 12.8. The van der Waals surface area contributed by atoms with Gasteiger partial charge in [0, 0.05) is 7.11 Å². The molecule has 1 aliphatic rings. The summed E-state index contributed by atoms with van der Waals surface area (Å²) in [4.78, 5) is 30.5. The maximum Gasteiger partial charge on any atom is 0.335 e. The molecular weight excluding hydrogens is 364 g/mol. The van der Waals surface area contributed by atoms with E-state index in [0.29, 0.717) is 23.2 Å². The first-order valence-corrected chi connectivity index (χ1v) is 9.07. The summed E-state index contributed by atoms with van der Waals surface area (Å²) in [5.74, 6) is -1.13. The summed E-state index contributed by atoms with van der Waals surface area (Å²) in [7, 11) is 1.59. The molecule has 0 aromatic heterocycles. The first-order chi connectivity index (χ1) is 13.1. The molecule has 0 spiro atoms. The van der Waals surface area contributed by atoms with Crippen molar-refractivity contribution in [1.82, 2.24) is 4.90 Å². The third kappa shape index (κ3) is 4.64. The summed E-state index contributed by atoms with van der Waals surface area (Å²) in [6.45, 7) is 0.810. The van der Waals surface area contributed by atoms with Gasteiger partial charge in [0.2, 0.25) is 0 Å². The molecule has 0 saturated carbocycles. The molecule has 1 N–H and O–H groups in total. The van der Waals surface area contributed by atoms with Crippen molar-refractivity contribution in [1.29, 1.82) is 0 Å². The third-order valence-corrected chi connectivity index (χ3v) is 4.85. The summed E-state index contributed by atoms with van der Waals surface area (Å²) in [6, 6.07) is 15.8. The number of para-hydroxylation sites is 1. The molecule has 0 aliphatic carbocycles. The van der Waals surface area contributed by atoms with E-state index in [2.05, 4.69) is 4.99 Å². The number of hydrogen-bond acceptors (Lipinski definition) is 5. The number of aliphatic imine (C=N–C) groups is 1. The number of amidine groups is 1. The molecule has 0 unspecified atom stereocenters. The lowest BCUT2D eigenvalue weighted by Gasteiger charge is -2.14. The van der Waals surface area contributed by atoms with E-state index in [4.69, 9.17) is 9.84 Å². The highest BCUT2D eigenvalue weighted by atomic mass is 32.2. The van der Waals surface area contributed by atoms with Gasteiger partial charge in [-0.25, -0.2) is 9.79 Å². The van der Waals surface area contributed by atoms with E-state index >= 15 is 0 Å². The Balaban J connectivity index is 1.89. The van der Waals surface area contributed by atoms with Gasteiger partial charge in [-0.05, 0) is 47.7 Å².